The molecule has 0 bridgehead atoms. The van der Waals surface area contributed by atoms with Crippen LogP contribution in [0, 0.1) is 11.8 Å². The van der Waals surface area contributed by atoms with E-state index in [1.807, 2.05) is 7.05 Å². The first-order valence-corrected chi connectivity index (χ1v) is 7.19. The number of hydrogen-bond acceptors (Lipinski definition) is 3. The molecule has 2 unspecified atom stereocenters. The first-order valence-electron chi connectivity index (χ1n) is 7.19. The lowest BCUT2D eigenvalue weighted by Crippen LogP contribution is -2.49. The van der Waals surface area contributed by atoms with E-state index in [-0.39, 0.29) is 5.91 Å². The number of nitrogens with one attached hydrogen (secondary N) is 2. The fraction of sp³-hybridized carbons (Fsp3) is 0.929. The Balaban J connectivity index is 2.21. The van der Waals surface area contributed by atoms with Crippen molar-refractivity contribution in [2.24, 2.45) is 11.8 Å². The highest BCUT2D eigenvalue weighted by molar-refractivity contribution is 5.77. The summed E-state index contributed by atoms with van der Waals surface area (Å²) in [5.41, 5.74) is 0. The van der Waals surface area contributed by atoms with Gasteiger partial charge in [0.25, 0.3) is 0 Å². The van der Waals surface area contributed by atoms with Gasteiger partial charge in [0, 0.05) is 25.7 Å². The van der Waals surface area contributed by atoms with E-state index in [1.54, 1.807) is 0 Å². The van der Waals surface area contributed by atoms with E-state index in [4.69, 9.17) is 0 Å². The van der Waals surface area contributed by atoms with Crippen LogP contribution in [0.1, 0.15) is 33.6 Å². The number of nitrogens with zero attached hydrogens (tertiary/aromatic N) is 1. The van der Waals surface area contributed by atoms with Crippen molar-refractivity contribution in [1.82, 2.24) is 15.5 Å². The van der Waals surface area contributed by atoms with Crippen molar-refractivity contribution in [1.29, 1.82) is 0 Å². The molecule has 0 spiro atoms. The zero-order valence-electron chi connectivity index (χ0n) is 12.3. The molecule has 1 fully saturated rings. The Labute approximate surface area is 111 Å². The SMILES string of the molecule is CNC1CCN(CC(=O)NCCC(C)C)CC1C. The molecule has 1 saturated heterocycles. The highest BCUT2D eigenvalue weighted by atomic mass is 16.2. The standard InChI is InChI=1S/C14H29N3O/c1-11(2)5-7-16-14(18)10-17-8-6-13(15-4)12(3)9-17/h11-13,15H,5-10H2,1-4H3,(H,16,18). The monoisotopic (exact) mass is 255 g/mol. The minimum Gasteiger partial charge on any atom is -0.355 e. The summed E-state index contributed by atoms with van der Waals surface area (Å²) in [4.78, 5) is 14.0. The third-order valence-electron chi connectivity index (χ3n) is 3.77. The molecule has 4 heteroatoms. The highest BCUT2D eigenvalue weighted by Gasteiger charge is 2.25. The van der Waals surface area contributed by atoms with Crippen LogP contribution in [-0.4, -0.2) is 50.1 Å². The Hall–Kier alpha value is -0.610. The van der Waals surface area contributed by atoms with Gasteiger partial charge < -0.3 is 10.6 Å². The molecular formula is C14H29N3O. The van der Waals surface area contributed by atoms with Gasteiger partial charge in [-0.1, -0.05) is 20.8 Å². The van der Waals surface area contributed by atoms with Gasteiger partial charge in [0.2, 0.25) is 5.91 Å². The van der Waals surface area contributed by atoms with E-state index in [2.05, 4.69) is 36.3 Å². The predicted molar refractivity (Wildman–Crippen MR) is 75.5 cm³/mol. The first-order chi connectivity index (χ1) is 8.52. The molecule has 1 aliphatic heterocycles. The molecule has 0 aromatic rings. The van der Waals surface area contributed by atoms with Crippen molar-refractivity contribution < 1.29 is 4.79 Å². The molecule has 0 aromatic heterocycles. The number of rotatable bonds is 6. The van der Waals surface area contributed by atoms with E-state index in [0.717, 1.165) is 32.5 Å². The van der Waals surface area contributed by atoms with Crippen molar-refractivity contribution in [2.45, 2.75) is 39.7 Å². The smallest absolute Gasteiger partial charge is 0.234 e. The van der Waals surface area contributed by atoms with Gasteiger partial charge in [-0.2, -0.15) is 0 Å². The fourth-order valence-corrected chi connectivity index (χ4v) is 2.56. The molecule has 1 aliphatic rings. The number of carbonyl (C=O) groups excluding carboxylic acids is 1. The summed E-state index contributed by atoms with van der Waals surface area (Å²) in [5.74, 6) is 1.44. The molecule has 2 N–H and O–H groups in total. The third-order valence-corrected chi connectivity index (χ3v) is 3.77. The second-order valence-corrected chi connectivity index (χ2v) is 5.93. The van der Waals surface area contributed by atoms with Gasteiger partial charge in [-0.25, -0.2) is 0 Å². The lowest BCUT2D eigenvalue weighted by molar-refractivity contribution is -0.122. The van der Waals surface area contributed by atoms with Gasteiger partial charge in [-0.15, -0.1) is 0 Å². The largest absolute Gasteiger partial charge is 0.355 e. The van der Waals surface area contributed by atoms with Crippen LogP contribution in [0.2, 0.25) is 0 Å². The second-order valence-electron chi connectivity index (χ2n) is 5.93. The summed E-state index contributed by atoms with van der Waals surface area (Å²) in [6.45, 7) is 10.0. The van der Waals surface area contributed by atoms with E-state index >= 15 is 0 Å². The average molecular weight is 255 g/mol. The predicted octanol–water partition coefficient (Wildman–Crippen LogP) is 1.08. The Kier molecular flexibility index (Phi) is 6.65. The molecule has 106 valence electrons. The van der Waals surface area contributed by atoms with E-state index < -0.39 is 0 Å². The molecule has 1 amide bonds. The maximum atomic E-state index is 11.8. The topological polar surface area (TPSA) is 44.4 Å². The summed E-state index contributed by atoms with van der Waals surface area (Å²) >= 11 is 0. The molecule has 0 aliphatic carbocycles. The Morgan fingerprint density at radius 3 is 2.72 bits per heavy atom. The van der Waals surface area contributed by atoms with Crippen LogP contribution in [-0.2, 0) is 4.79 Å². The van der Waals surface area contributed by atoms with Crippen molar-refractivity contribution in [3.8, 4) is 0 Å². The van der Waals surface area contributed by atoms with Gasteiger partial charge in [0.1, 0.15) is 0 Å². The zero-order chi connectivity index (χ0) is 13.5. The first kappa shape index (κ1) is 15.4. The quantitative estimate of drug-likeness (QED) is 0.746. The number of likely N-dealkylation sites (tertiary alicyclic amines) is 1. The van der Waals surface area contributed by atoms with Crippen LogP contribution in [0.25, 0.3) is 0 Å². The summed E-state index contributed by atoms with van der Waals surface area (Å²) in [6, 6.07) is 0.602. The molecular weight excluding hydrogens is 226 g/mol. The van der Waals surface area contributed by atoms with Crippen LogP contribution < -0.4 is 10.6 Å². The van der Waals surface area contributed by atoms with Gasteiger partial charge in [-0.3, -0.25) is 9.69 Å². The van der Waals surface area contributed by atoms with Gasteiger partial charge in [0.15, 0.2) is 0 Å². The minimum atomic E-state index is 0.172. The molecule has 1 heterocycles. The van der Waals surface area contributed by atoms with Crippen molar-refractivity contribution in [3.63, 3.8) is 0 Å². The van der Waals surface area contributed by atoms with Crippen LogP contribution >= 0.6 is 0 Å². The van der Waals surface area contributed by atoms with Crippen LogP contribution in [0.3, 0.4) is 0 Å². The number of hydrogen-bond donors (Lipinski definition) is 2. The molecule has 1 rings (SSSR count). The van der Waals surface area contributed by atoms with Gasteiger partial charge in [-0.05, 0) is 31.7 Å². The van der Waals surface area contributed by atoms with Crippen molar-refractivity contribution >= 4 is 5.91 Å². The Morgan fingerprint density at radius 1 is 1.44 bits per heavy atom. The molecule has 0 saturated carbocycles. The summed E-state index contributed by atoms with van der Waals surface area (Å²) in [7, 11) is 2.02. The maximum Gasteiger partial charge on any atom is 0.234 e. The average Bonchev–Trinajstić information content (AvgIpc) is 2.28. The van der Waals surface area contributed by atoms with Gasteiger partial charge >= 0.3 is 0 Å². The van der Waals surface area contributed by atoms with Crippen LogP contribution in [0.5, 0.6) is 0 Å². The molecule has 0 aromatic carbocycles. The fourth-order valence-electron chi connectivity index (χ4n) is 2.56. The van der Waals surface area contributed by atoms with E-state index in [0.29, 0.717) is 24.4 Å². The number of piperidine rings is 1. The summed E-state index contributed by atoms with van der Waals surface area (Å²) in [6.07, 6.45) is 2.20. The summed E-state index contributed by atoms with van der Waals surface area (Å²) < 4.78 is 0. The van der Waals surface area contributed by atoms with E-state index in [9.17, 15) is 4.79 Å². The molecule has 0 radical (unpaired) electrons. The second kappa shape index (κ2) is 7.74. The number of carbonyl (C=O) groups is 1. The summed E-state index contributed by atoms with van der Waals surface area (Å²) in [5, 5.41) is 6.35. The lowest BCUT2D eigenvalue weighted by Gasteiger charge is -2.36. The van der Waals surface area contributed by atoms with Crippen molar-refractivity contribution in [3.05, 3.63) is 0 Å². The third kappa shape index (κ3) is 5.36. The minimum absolute atomic E-state index is 0.172. The van der Waals surface area contributed by atoms with Crippen LogP contribution in [0.4, 0.5) is 0 Å². The molecule has 4 nitrogen and oxygen atoms in total. The highest BCUT2D eigenvalue weighted by Crippen LogP contribution is 2.15. The van der Waals surface area contributed by atoms with Crippen LogP contribution in [0.15, 0.2) is 0 Å². The van der Waals surface area contributed by atoms with Gasteiger partial charge in [0.05, 0.1) is 6.54 Å². The van der Waals surface area contributed by atoms with Crippen molar-refractivity contribution in [2.75, 3.05) is 33.2 Å². The number of amides is 1. The molecule has 18 heavy (non-hydrogen) atoms. The molecule has 2 atom stereocenters. The maximum absolute atomic E-state index is 11.8. The Morgan fingerprint density at radius 2 is 2.17 bits per heavy atom. The lowest BCUT2D eigenvalue weighted by atomic mass is 9.94. The van der Waals surface area contributed by atoms with E-state index in [1.165, 1.54) is 0 Å². The zero-order valence-corrected chi connectivity index (χ0v) is 12.3. The normalized spacial score (nSPS) is 25.4. The Bertz CT molecular complexity index is 255.